The van der Waals surface area contributed by atoms with E-state index in [0.29, 0.717) is 5.56 Å². The van der Waals surface area contributed by atoms with Crippen molar-refractivity contribution in [1.82, 2.24) is 8.80 Å². The van der Waals surface area contributed by atoms with Gasteiger partial charge in [0.15, 0.2) is 0 Å². The van der Waals surface area contributed by atoms with Gasteiger partial charge in [0.05, 0.1) is 44.7 Å². The number of hydrogen-bond acceptors (Lipinski definition) is 2. The predicted molar refractivity (Wildman–Crippen MR) is 251 cm³/mol. The minimum atomic E-state index is -0.0363. The first-order valence-electron chi connectivity index (χ1n) is 20.9. The minimum Gasteiger partial charge on any atom is -0.310 e. The number of fused-ring (bicyclic) bond motifs is 12. The summed E-state index contributed by atoms with van der Waals surface area (Å²) in [6.45, 7) is 20.9. The van der Waals surface area contributed by atoms with Gasteiger partial charge < -0.3 is 13.7 Å². The van der Waals surface area contributed by atoms with Gasteiger partial charge in [0, 0.05) is 60.2 Å². The Morgan fingerprint density at radius 3 is 1.36 bits per heavy atom. The Labute approximate surface area is 345 Å². The second-order valence-electron chi connectivity index (χ2n) is 19.9. The number of anilines is 3. The highest BCUT2D eigenvalue weighted by atomic mass is 15.1. The van der Waals surface area contributed by atoms with Crippen molar-refractivity contribution in [3.63, 3.8) is 0 Å². The number of hydrogen-bond donors (Lipinski definition) is 0. The van der Waals surface area contributed by atoms with E-state index in [1.54, 1.807) is 0 Å². The van der Waals surface area contributed by atoms with Gasteiger partial charge in [-0.05, 0) is 130 Å². The molecule has 0 radical (unpaired) electrons. The Morgan fingerprint density at radius 2 is 0.831 bits per heavy atom. The Kier molecular flexibility index (Phi) is 7.10. The van der Waals surface area contributed by atoms with Crippen LogP contribution in [0.25, 0.3) is 76.2 Å². The Balaban J connectivity index is 1.28. The van der Waals surface area contributed by atoms with Gasteiger partial charge in [-0.15, -0.1) is 0 Å². The molecule has 7 aromatic carbocycles. The average molecular weight is 765 g/mol. The number of benzene rings is 7. The molecule has 0 aliphatic rings. The van der Waals surface area contributed by atoms with E-state index in [1.165, 1.54) is 92.9 Å². The maximum absolute atomic E-state index is 9.60. The van der Waals surface area contributed by atoms with Crippen molar-refractivity contribution in [2.24, 2.45) is 0 Å². The van der Waals surface area contributed by atoms with E-state index in [1.807, 2.05) is 24.3 Å². The van der Waals surface area contributed by atoms with Crippen LogP contribution in [0.1, 0.15) is 84.6 Å². The molecule has 11 aromatic rings. The zero-order valence-electron chi connectivity index (χ0n) is 35.4. The lowest BCUT2D eigenvalue weighted by Crippen LogP contribution is -2.11. The smallest absolute Gasteiger partial charge is 0.0991 e. The zero-order valence-corrected chi connectivity index (χ0v) is 35.4. The number of aromatic nitrogens is 2. The van der Waals surface area contributed by atoms with Crippen LogP contribution in [0.3, 0.4) is 0 Å². The minimum absolute atomic E-state index is 0.0153. The van der Waals surface area contributed by atoms with Gasteiger partial charge in [-0.2, -0.15) is 5.26 Å². The van der Waals surface area contributed by atoms with Crippen molar-refractivity contribution >= 4 is 93.3 Å². The molecule has 0 amide bonds. The first kappa shape index (κ1) is 35.6. The third kappa shape index (κ3) is 5.07. The third-order valence-electron chi connectivity index (χ3n) is 13.0. The highest BCUT2D eigenvalue weighted by Gasteiger charge is 2.28. The van der Waals surface area contributed by atoms with Gasteiger partial charge in [-0.3, -0.25) is 0 Å². The molecule has 0 aliphatic carbocycles. The summed E-state index contributed by atoms with van der Waals surface area (Å²) in [5, 5.41) is 20.0. The van der Waals surface area contributed by atoms with Gasteiger partial charge in [0.25, 0.3) is 0 Å². The summed E-state index contributed by atoms with van der Waals surface area (Å²) in [6.07, 6.45) is 0. The Hall–Kier alpha value is -6.57. The third-order valence-corrected chi connectivity index (χ3v) is 13.0. The molecular formula is C55H48N4. The Morgan fingerprint density at radius 1 is 0.390 bits per heavy atom. The molecule has 59 heavy (non-hydrogen) atoms. The van der Waals surface area contributed by atoms with Crippen molar-refractivity contribution in [1.29, 1.82) is 5.26 Å². The van der Waals surface area contributed by atoms with Crippen LogP contribution in [-0.2, 0) is 16.2 Å². The molecule has 288 valence electrons. The molecule has 0 saturated heterocycles. The van der Waals surface area contributed by atoms with Crippen molar-refractivity contribution in [2.75, 3.05) is 4.90 Å². The summed E-state index contributed by atoms with van der Waals surface area (Å²) in [6, 6.07) is 49.6. The van der Waals surface area contributed by atoms with E-state index < -0.39 is 0 Å². The van der Waals surface area contributed by atoms with E-state index in [-0.39, 0.29) is 16.2 Å². The molecule has 4 heteroatoms. The molecule has 0 aliphatic heterocycles. The first-order valence-corrected chi connectivity index (χ1v) is 20.9. The number of nitrogens with zero attached hydrogens (tertiary/aromatic N) is 4. The van der Waals surface area contributed by atoms with Crippen LogP contribution in [0.4, 0.5) is 17.1 Å². The molecule has 4 aromatic heterocycles. The predicted octanol–water partition coefficient (Wildman–Crippen LogP) is 15.2. The van der Waals surface area contributed by atoms with E-state index in [4.69, 9.17) is 0 Å². The van der Waals surface area contributed by atoms with Gasteiger partial charge in [-0.1, -0.05) is 92.6 Å². The molecule has 0 N–H and O–H groups in total. The standard InChI is InChI=1S/C55H48N4/c1-53(2,3)33-17-22-47-40(23-33)44-25-35(55(7,8)9)27-46-41-30-50-42(29-49(41)58(47)52(44)46)45-26-34(54(4,5)6)24-43-39-21-20-38(28-48(39)59(50)51(43)45)57(36-13-11-10-12-14-36)37-18-15-32(31-56)16-19-37/h10-30H,1-9H3. The van der Waals surface area contributed by atoms with E-state index in [2.05, 4.69) is 185 Å². The van der Waals surface area contributed by atoms with E-state index >= 15 is 0 Å². The lowest BCUT2D eigenvalue weighted by atomic mass is 9.84. The fourth-order valence-corrected chi connectivity index (χ4v) is 9.75. The quantitative estimate of drug-likeness (QED) is 0.180. The molecule has 0 atom stereocenters. The van der Waals surface area contributed by atoms with Crippen LogP contribution in [-0.4, -0.2) is 8.80 Å². The first-order chi connectivity index (χ1) is 28.1. The van der Waals surface area contributed by atoms with Gasteiger partial charge in [-0.25, -0.2) is 0 Å². The summed E-state index contributed by atoms with van der Waals surface area (Å²) < 4.78 is 5.10. The average Bonchev–Trinajstić information content (AvgIpc) is 3.92. The van der Waals surface area contributed by atoms with Crippen LogP contribution in [0.15, 0.2) is 127 Å². The van der Waals surface area contributed by atoms with Crippen molar-refractivity contribution < 1.29 is 0 Å². The maximum atomic E-state index is 9.60. The van der Waals surface area contributed by atoms with Gasteiger partial charge in [0.2, 0.25) is 0 Å². The van der Waals surface area contributed by atoms with Crippen LogP contribution in [0, 0.1) is 11.3 Å². The highest BCUT2D eigenvalue weighted by molar-refractivity contribution is 6.29. The van der Waals surface area contributed by atoms with Crippen LogP contribution >= 0.6 is 0 Å². The molecule has 4 heterocycles. The van der Waals surface area contributed by atoms with Crippen LogP contribution in [0.5, 0.6) is 0 Å². The van der Waals surface area contributed by atoms with Crippen molar-refractivity contribution in [2.45, 2.75) is 78.6 Å². The Bertz CT molecular complexity index is 3530. The molecular weight excluding hydrogens is 717 g/mol. The SMILES string of the molecule is CC(C)(C)c1ccc2c(c1)c1cc(C(C)(C)C)cc3c4cc5c(cc4n2c13)c1cc(C(C)(C)C)cc2c3ccc(N(c4ccccc4)c4ccc(C#N)cc4)cc3n5c21. The largest absolute Gasteiger partial charge is 0.310 e. The van der Waals surface area contributed by atoms with Crippen LogP contribution in [0.2, 0.25) is 0 Å². The monoisotopic (exact) mass is 764 g/mol. The van der Waals surface area contributed by atoms with Crippen molar-refractivity contribution in [3.8, 4) is 6.07 Å². The fraction of sp³-hybridized carbons (Fsp3) is 0.218. The molecule has 0 spiro atoms. The fourth-order valence-electron chi connectivity index (χ4n) is 9.75. The maximum Gasteiger partial charge on any atom is 0.0991 e. The molecule has 0 unspecified atom stereocenters. The normalized spacial score (nSPS) is 13.2. The topological polar surface area (TPSA) is 35.8 Å². The summed E-state index contributed by atoms with van der Waals surface area (Å²) in [4.78, 5) is 2.30. The zero-order chi connectivity index (χ0) is 40.9. The lowest BCUT2D eigenvalue weighted by molar-refractivity contribution is 0.590. The molecule has 4 nitrogen and oxygen atoms in total. The molecule has 0 saturated carbocycles. The summed E-state index contributed by atoms with van der Waals surface area (Å²) in [5.41, 5.74) is 15.4. The molecule has 0 fully saturated rings. The number of rotatable bonds is 3. The van der Waals surface area contributed by atoms with E-state index in [0.717, 1.165) is 17.1 Å². The number of para-hydroxylation sites is 1. The number of nitriles is 1. The van der Waals surface area contributed by atoms with Crippen molar-refractivity contribution in [3.05, 3.63) is 150 Å². The van der Waals surface area contributed by atoms with Crippen LogP contribution < -0.4 is 4.90 Å². The second kappa shape index (κ2) is 11.8. The molecule has 11 rings (SSSR count). The molecule has 0 bridgehead atoms. The highest BCUT2D eigenvalue weighted by Crippen LogP contribution is 2.48. The summed E-state index contributed by atoms with van der Waals surface area (Å²) >= 11 is 0. The summed E-state index contributed by atoms with van der Waals surface area (Å²) in [7, 11) is 0. The lowest BCUT2D eigenvalue weighted by Gasteiger charge is -2.25. The van der Waals surface area contributed by atoms with E-state index in [9.17, 15) is 5.26 Å². The van der Waals surface area contributed by atoms with Gasteiger partial charge >= 0.3 is 0 Å². The van der Waals surface area contributed by atoms with Gasteiger partial charge in [0.1, 0.15) is 0 Å². The summed E-state index contributed by atoms with van der Waals surface area (Å²) in [5.74, 6) is 0. The second-order valence-corrected chi connectivity index (χ2v) is 19.9.